The van der Waals surface area contributed by atoms with Crippen molar-refractivity contribution in [2.45, 2.75) is 24.9 Å². The predicted molar refractivity (Wildman–Crippen MR) is 77.5 cm³/mol. The third-order valence-electron chi connectivity index (χ3n) is 3.38. The van der Waals surface area contributed by atoms with Crippen LogP contribution in [0, 0.1) is 0 Å². The molecule has 3 rings (SSSR count). The van der Waals surface area contributed by atoms with Crippen LogP contribution >= 0.6 is 11.5 Å². The lowest BCUT2D eigenvalue weighted by Gasteiger charge is -2.28. The molecule has 0 unspecified atom stereocenters. The fraction of sp³-hybridized carbons (Fsp3) is 0.455. The molecule has 0 saturated carbocycles. The van der Waals surface area contributed by atoms with Crippen molar-refractivity contribution >= 4 is 32.2 Å². The summed E-state index contributed by atoms with van der Waals surface area (Å²) in [5, 5.41) is 0.624. The highest BCUT2D eigenvalue weighted by Gasteiger charge is 2.29. The summed E-state index contributed by atoms with van der Waals surface area (Å²) in [5.74, 6) is 1.04. The third-order valence-corrected chi connectivity index (χ3v) is 6.22. The second-order valence-corrected chi connectivity index (χ2v) is 7.53. The van der Waals surface area contributed by atoms with Crippen LogP contribution in [-0.2, 0) is 22.9 Å². The van der Waals surface area contributed by atoms with Crippen molar-refractivity contribution in [3.63, 3.8) is 0 Å². The first-order valence-electron chi connectivity index (χ1n) is 6.26. The lowest BCUT2D eigenvalue weighted by Crippen LogP contribution is -2.33. The molecule has 0 bridgehead atoms. The number of nitrogen functional groups attached to an aromatic ring is 1. The zero-order valence-corrected chi connectivity index (χ0v) is 12.6. The van der Waals surface area contributed by atoms with E-state index in [0.29, 0.717) is 11.5 Å². The van der Waals surface area contributed by atoms with Crippen molar-refractivity contribution in [1.29, 1.82) is 0 Å². The monoisotopic (exact) mass is 313 g/mol. The Morgan fingerprint density at radius 2 is 2.25 bits per heavy atom. The van der Waals surface area contributed by atoms with Gasteiger partial charge in [-0.3, -0.25) is 0 Å². The van der Waals surface area contributed by atoms with Gasteiger partial charge in [-0.15, -0.1) is 0 Å². The molecular weight excluding hydrogens is 298 g/mol. The van der Waals surface area contributed by atoms with Gasteiger partial charge in [0.25, 0.3) is 0 Å². The minimum Gasteiger partial charge on any atom is -0.382 e. The normalized spacial score (nSPS) is 15.3. The summed E-state index contributed by atoms with van der Waals surface area (Å²) < 4.78 is 30.4. The number of nitrogens with two attached hydrogens (primary N) is 1. The van der Waals surface area contributed by atoms with E-state index in [4.69, 9.17) is 5.73 Å². The van der Waals surface area contributed by atoms with E-state index in [1.807, 2.05) is 11.1 Å². The zero-order valence-electron chi connectivity index (χ0n) is 11.0. The molecule has 9 heteroatoms. The molecule has 0 atom stereocenters. The quantitative estimate of drug-likeness (QED) is 0.898. The summed E-state index contributed by atoms with van der Waals surface area (Å²) in [6.45, 7) is 3.68. The average Bonchev–Trinajstić information content (AvgIpc) is 3.04. The molecule has 0 aromatic carbocycles. The highest BCUT2D eigenvalue weighted by molar-refractivity contribution is 7.91. The Bertz CT molecular complexity index is 734. The highest BCUT2D eigenvalue weighted by Crippen LogP contribution is 2.36. The molecule has 20 heavy (non-hydrogen) atoms. The summed E-state index contributed by atoms with van der Waals surface area (Å²) in [4.78, 5) is 6.43. The number of hydrogen-bond acceptors (Lipinski definition) is 7. The molecule has 0 spiro atoms. The predicted octanol–water partition coefficient (Wildman–Crippen LogP) is 0.736. The maximum absolute atomic E-state index is 12.2. The van der Waals surface area contributed by atoms with Gasteiger partial charge >= 0.3 is 0 Å². The first kappa shape index (κ1) is 13.4. The standard InChI is InChI=1S/C11H15N5O2S2/c1-2-20(17,18)9-10(12)14-19-11(9)16-6-5-15-4-3-13-8(15)7-16/h3-4H,2,5-7H2,1H3,(H2,12,14). The fourth-order valence-corrected chi connectivity index (χ4v) is 4.60. The molecule has 2 N–H and O–H groups in total. The largest absolute Gasteiger partial charge is 0.382 e. The lowest BCUT2D eigenvalue weighted by molar-refractivity contribution is 0.558. The maximum atomic E-state index is 12.2. The highest BCUT2D eigenvalue weighted by atomic mass is 32.2. The van der Waals surface area contributed by atoms with Gasteiger partial charge in [0.05, 0.1) is 12.3 Å². The van der Waals surface area contributed by atoms with Crippen LogP contribution in [0.4, 0.5) is 10.8 Å². The first-order chi connectivity index (χ1) is 9.53. The zero-order chi connectivity index (χ0) is 14.3. The fourth-order valence-electron chi connectivity index (χ4n) is 2.27. The van der Waals surface area contributed by atoms with Gasteiger partial charge in [-0.25, -0.2) is 13.4 Å². The Labute approximate surface area is 121 Å². The number of fused-ring (bicyclic) bond motifs is 1. The van der Waals surface area contributed by atoms with Crippen LogP contribution in [0.25, 0.3) is 0 Å². The van der Waals surface area contributed by atoms with Crippen LogP contribution < -0.4 is 10.6 Å². The molecule has 0 saturated heterocycles. The van der Waals surface area contributed by atoms with E-state index in [2.05, 4.69) is 13.9 Å². The van der Waals surface area contributed by atoms with Gasteiger partial charge < -0.3 is 15.2 Å². The van der Waals surface area contributed by atoms with Crippen molar-refractivity contribution in [3.8, 4) is 0 Å². The number of rotatable bonds is 3. The Hall–Kier alpha value is -1.61. The van der Waals surface area contributed by atoms with Gasteiger partial charge in [-0.1, -0.05) is 6.92 Å². The molecule has 7 nitrogen and oxygen atoms in total. The molecule has 1 aliphatic rings. The van der Waals surface area contributed by atoms with E-state index in [1.165, 1.54) is 0 Å². The van der Waals surface area contributed by atoms with Crippen LogP contribution in [0.3, 0.4) is 0 Å². The van der Waals surface area contributed by atoms with Crippen LogP contribution in [-0.4, -0.2) is 34.6 Å². The number of imidazole rings is 1. The number of hydrogen-bond donors (Lipinski definition) is 1. The van der Waals surface area contributed by atoms with E-state index in [-0.39, 0.29) is 16.5 Å². The van der Waals surface area contributed by atoms with Crippen LogP contribution in [0.2, 0.25) is 0 Å². The second kappa shape index (κ2) is 4.74. The molecule has 0 radical (unpaired) electrons. The van der Waals surface area contributed by atoms with Gasteiger partial charge in [0, 0.05) is 25.5 Å². The van der Waals surface area contributed by atoms with Crippen LogP contribution in [0.15, 0.2) is 17.3 Å². The molecule has 0 fully saturated rings. The van der Waals surface area contributed by atoms with Gasteiger partial charge in [0.15, 0.2) is 15.7 Å². The van der Waals surface area contributed by atoms with Crippen molar-refractivity contribution < 1.29 is 8.42 Å². The Balaban J connectivity index is 2.01. The Morgan fingerprint density at radius 1 is 1.45 bits per heavy atom. The molecule has 108 valence electrons. The van der Waals surface area contributed by atoms with E-state index in [1.54, 1.807) is 13.1 Å². The minimum absolute atomic E-state index is 0.0189. The summed E-state index contributed by atoms with van der Waals surface area (Å²) >= 11 is 1.14. The van der Waals surface area contributed by atoms with Gasteiger partial charge in [0.1, 0.15) is 15.7 Å². The first-order valence-corrected chi connectivity index (χ1v) is 8.68. The topological polar surface area (TPSA) is 94.1 Å². The molecule has 0 aliphatic carbocycles. The molecule has 2 aromatic rings. The van der Waals surface area contributed by atoms with E-state index in [0.717, 1.165) is 30.4 Å². The minimum atomic E-state index is -3.38. The third kappa shape index (κ3) is 2.06. The molecule has 1 aliphatic heterocycles. The second-order valence-electron chi connectivity index (χ2n) is 4.56. The molecule has 0 amide bonds. The smallest absolute Gasteiger partial charge is 0.184 e. The number of aromatic nitrogens is 3. The molecule has 3 heterocycles. The van der Waals surface area contributed by atoms with Gasteiger partial charge in [-0.05, 0) is 11.5 Å². The average molecular weight is 313 g/mol. The van der Waals surface area contributed by atoms with Crippen molar-refractivity contribution in [2.75, 3.05) is 22.9 Å². The number of sulfone groups is 1. The Kier molecular flexibility index (Phi) is 3.17. The van der Waals surface area contributed by atoms with Gasteiger partial charge in [0.2, 0.25) is 0 Å². The van der Waals surface area contributed by atoms with Crippen molar-refractivity contribution in [1.82, 2.24) is 13.9 Å². The molecule has 2 aromatic heterocycles. The van der Waals surface area contributed by atoms with Crippen LogP contribution in [0.1, 0.15) is 12.7 Å². The van der Waals surface area contributed by atoms with Crippen LogP contribution in [0.5, 0.6) is 0 Å². The lowest BCUT2D eigenvalue weighted by atomic mass is 10.3. The van der Waals surface area contributed by atoms with Crippen molar-refractivity contribution in [3.05, 3.63) is 18.2 Å². The number of anilines is 2. The SMILES string of the molecule is CCS(=O)(=O)c1c(N)nsc1N1CCn2ccnc2C1. The van der Waals surface area contributed by atoms with E-state index in [9.17, 15) is 8.42 Å². The summed E-state index contributed by atoms with van der Waals surface area (Å²) in [6, 6.07) is 0. The van der Waals surface area contributed by atoms with E-state index >= 15 is 0 Å². The molecular formula is C11H15N5O2S2. The summed E-state index contributed by atoms with van der Waals surface area (Å²) in [5.41, 5.74) is 5.76. The maximum Gasteiger partial charge on any atom is 0.184 e. The van der Waals surface area contributed by atoms with Crippen molar-refractivity contribution in [2.24, 2.45) is 0 Å². The summed E-state index contributed by atoms with van der Waals surface area (Å²) in [6.07, 6.45) is 3.68. The van der Waals surface area contributed by atoms with E-state index < -0.39 is 9.84 Å². The van der Waals surface area contributed by atoms with Gasteiger partial charge in [-0.2, -0.15) is 4.37 Å². The summed E-state index contributed by atoms with van der Waals surface area (Å²) in [7, 11) is -3.38. The Morgan fingerprint density at radius 3 is 3.00 bits per heavy atom. The number of nitrogens with zero attached hydrogens (tertiary/aromatic N) is 4.